The van der Waals surface area contributed by atoms with Gasteiger partial charge in [-0.15, -0.1) is 0 Å². The summed E-state index contributed by atoms with van der Waals surface area (Å²) in [5, 5.41) is 66.0. The third-order valence-corrected chi connectivity index (χ3v) is 14.3. The Bertz CT molecular complexity index is 2550. The van der Waals surface area contributed by atoms with Crippen LogP contribution in [-0.2, 0) is 29.0 Å². The molecular weight excluding hydrogens is 793 g/mol. The number of aromatic hydroxyl groups is 2. The van der Waals surface area contributed by atoms with Crippen LogP contribution in [0.3, 0.4) is 0 Å². The lowest BCUT2D eigenvalue weighted by molar-refractivity contribution is -0.166. The minimum Gasteiger partial charge on any atom is -0.508 e. The van der Waals surface area contributed by atoms with E-state index in [0.29, 0.717) is 55.2 Å². The highest BCUT2D eigenvalue weighted by Gasteiger charge is 2.54. The number of esters is 1. The maximum Gasteiger partial charge on any atom is 0.336 e. The van der Waals surface area contributed by atoms with Gasteiger partial charge in [0.05, 0.1) is 25.0 Å². The van der Waals surface area contributed by atoms with Gasteiger partial charge in [0.1, 0.15) is 58.1 Å². The maximum absolute atomic E-state index is 14.2. The third kappa shape index (κ3) is 6.97. The Hall–Kier alpha value is -5.54. The Morgan fingerprint density at radius 3 is 2.71 bits per heavy atom. The van der Waals surface area contributed by atoms with Crippen LogP contribution < -0.4 is 31.8 Å². The van der Waals surface area contributed by atoms with Gasteiger partial charge in [0.25, 0.3) is 0 Å². The highest BCUT2D eigenvalue weighted by atomic mass is 16.6. The van der Waals surface area contributed by atoms with E-state index >= 15 is 0 Å². The Labute approximate surface area is 359 Å². The number of dihydropyridines is 2. The summed E-state index contributed by atoms with van der Waals surface area (Å²) in [4.78, 5) is 28.1. The number of allylic oxidation sites excluding steroid dienone is 5. The Kier molecular flexibility index (Phi) is 11.0. The van der Waals surface area contributed by atoms with Crippen LogP contribution >= 0.6 is 0 Å². The van der Waals surface area contributed by atoms with Crippen LogP contribution in [0.2, 0.25) is 0 Å². The summed E-state index contributed by atoms with van der Waals surface area (Å²) in [7, 11) is 0. The van der Waals surface area contributed by atoms with Crippen molar-refractivity contribution in [3.8, 4) is 17.2 Å². The predicted octanol–water partition coefficient (Wildman–Crippen LogP) is 4.28. The zero-order valence-corrected chi connectivity index (χ0v) is 35.3. The van der Waals surface area contributed by atoms with Crippen molar-refractivity contribution in [2.45, 2.75) is 108 Å². The van der Waals surface area contributed by atoms with Crippen molar-refractivity contribution in [2.24, 2.45) is 17.6 Å². The molecule has 0 amide bonds. The molecule has 1 aromatic heterocycles. The van der Waals surface area contributed by atoms with Gasteiger partial charge in [0, 0.05) is 60.2 Å². The average molecular weight is 849 g/mol. The van der Waals surface area contributed by atoms with Crippen LogP contribution in [0.15, 0.2) is 91.6 Å². The molecule has 5 aliphatic heterocycles. The summed E-state index contributed by atoms with van der Waals surface area (Å²) in [5.41, 5.74) is 11.3. The Balaban J connectivity index is 1.37. The molecule has 10 N–H and O–H groups in total. The topological polar surface area (TPSA) is 229 Å². The molecule has 6 heterocycles. The number of hydrogen-bond acceptors (Lipinski definition) is 14. The quantitative estimate of drug-likeness (QED) is 0.120. The van der Waals surface area contributed by atoms with E-state index in [1.165, 1.54) is 11.6 Å². The van der Waals surface area contributed by atoms with Crippen molar-refractivity contribution in [1.82, 2.24) is 16.0 Å². The average Bonchev–Trinajstić information content (AvgIpc) is 3.30. The molecule has 1 saturated heterocycles. The molecule has 9 rings (SSSR count). The molecule has 2 aromatic carbocycles. The van der Waals surface area contributed by atoms with Gasteiger partial charge < -0.3 is 55.8 Å². The second kappa shape index (κ2) is 16.3. The van der Waals surface area contributed by atoms with Crippen molar-refractivity contribution in [1.29, 1.82) is 0 Å². The standard InChI is InChI=1S/C48H56N4O10/c1-4-25(20-53)47(59)61-37-18-34-42(58)40-36(57)17-31(21-54)60-44(40)41-39-32-11-12-50-45(49)38(32)27(8-7-26-9-10-30(56)16-33(26)35(39)22-55)15-29(48(37,3)62-43(34)41)14-24-13-28-6-5-23(2)52-46(28)51-19-24/h4,9-11,13,16-17,19,23,27,29,35,37,39,46,50-56,58H,5-8,12,14-15,18,20-22,49H2,1-3H3. The first-order chi connectivity index (χ1) is 29.9. The van der Waals surface area contributed by atoms with E-state index in [-0.39, 0.29) is 57.9 Å². The normalized spacial score (nSPS) is 29.2. The molecule has 328 valence electrons. The fourth-order valence-corrected chi connectivity index (χ4v) is 11.1. The number of phenols is 2. The van der Waals surface area contributed by atoms with E-state index in [9.17, 15) is 35.1 Å². The first kappa shape index (κ1) is 41.8. The number of aliphatic hydroxyl groups excluding tert-OH is 3. The molecule has 8 atom stereocenters. The van der Waals surface area contributed by atoms with E-state index < -0.39 is 66.4 Å². The minimum absolute atomic E-state index is 0.0138. The van der Waals surface area contributed by atoms with Crippen molar-refractivity contribution in [2.75, 3.05) is 19.8 Å². The molecule has 0 radical (unpaired) electrons. The van der Waals surface area contributed by atoms with Gasteiger partial charge in [0.2, 0.25) is 0 Å². The summed E-state index contributed by atoms with van der Waals surface area (Å²) in [5.74, 6) is -2.70. The summed E-state index contributed by atoms with van der Waals surface area (Å²) in [6.07, 6.45) is 10.8. The van der Waals surface area contributed by atoms with Gasteiger partial charge in [-0.05, 0) is 111 Å². The number of rotatable bonds is 7. The number of carbonyl (C=O) groups excluding carboxylic acids is 1. The molecule has 14 nitrogen and oxygen atoms in total. The number of carbonyl (C=O) groups is 1. The minimum atomic E-state index is -1.33. The SMILES string of the molecule is CC=C(CO)C(=O)OC1Cc2c3c(c4oc(CO)cc(=O)c4c2O)C2C4=CCNC(N)=C4C(CCc4ccc(O)cc4C2CO)CC(CC2=CNC4NC(C)CCC4=C2)C1(C)O3. The van der Waals surface area contributed by atoms with E-state index in [4.69, 9.17) is 19.6 Å². The van der Waals surface area contributed by atoms with Crippen LogP contribution in [0.5, 0.6) is 17.2 Å². The molecule has 0 spiro atoms. The lowest BCUT2D eigenvalue weighted by Gasteiger charge is -2.50. The van der Waals surface area contributed by atoms with Crippen molar-refractivity contribution in [3.05, 3.63) is 121 Å². The molecule has 3 aromatic rings. The van der Waals surface area contributed by atoms with E-state index in [1.54, 1.807) is 19.1 Å². The zero-order valence-electron chi connectivity index (χ0n) is 35.3. The number of benzene rings is 2. The molecule has 1 aliphatic carbocycles. The summed E-state index contributed by atoms with van der Waals surface area (Å²) < 4.78 is 20.3. The zero-order chi connectivity index (χ0) is 43.6. The van der Waals surface area contributed by atoms with Crippen molar-refractivity contribution in [3.63, 3.8) is 0 Å². The number of fused-ring (bicyclic) bond motifs is 6. The number of aryl methyl sites for hydroxylation is 1. The molecule has 4 bridgehead atoms. The summed E-state index contributed by atoms with van der Waals surface area (Å²) >= 11 is 0. The van der Waals surface area contributed by atoms with Gasteiger partial charge in [-0.3, -0.25) is 10.1 Å². The summed E-state index contributed by atoms with van der Waals surface area (Å²) in [6.45, 7) is 4.55. The maximum atomic E-state index is 14.2. The molecule has 6 aliphatic rings. The van der Waals surface area contributed by atoms with E-state index in [0.717, 1.165) is 41.2 Å². The van der Waals surface area contributed by atoms with E-state index in [1.807, 2.05) is 25.3 Å². The fourth-order valence-electron chi connectivity index (χ4n) is 11.1. The largest absolute Gasteiger partial charge is 0.508 e. The lowest BCUT2D eigenvalue weighted by atomic mass is 9.65. The highest BCUT2D eigenvalue weighted by molar-refractivity contribution is 5.92. The second-order valence-corrected chi connectivity index (χ2v) is 17.9. The molecular formula is C48H56N4O10. The van der Waals surface area contributed by atoms with Gasteiger partial charge in [-0.25, -0.2) is 4.79 Å². The molecule has 14 heteroatoms. The predicted molar refractivity (Wildman–Crippen MR) is 231 cm³/mol. The Morgan fingerprint density at radius 2 is 1.95 bits per heavy atom. The van der Waals surface area contributed by atoms with Crippen LogP contribution in [0.4, 0.5) is 0 Å². The smallest absolute Gasteiger partial charge is 0.336 e. The molecule has 0 saturated carbocycles. The Morgan fingerprint density at radius 1 is 1.13 bits per heavy atom. The number of nitrogens with one attached hydrogen (secondary N) is 3. The number of aliphatic hydroxyl groups is 3. The molecule has 1 fully saturated rings. The van der Waals surface area contributed by atoms with Gasteiger partial charge >= 0.3 is 5.97 Å². The first-order valence-electron chi connectivity index (χ1n) is 21.8. The second-order valence-electron chi connectivity index (χ2n) is 17.9. The van der Waals surface area contributed by atoms with Crippen molar-refractivity contribution >= 4 is 16.9 Å². The number of phenolic OH excluding ortho intramolecular Hbond substituents is 2. The van der Waals surface area contributed by atoms with Gasteiger partial charge in [-0.2, -0.15) is 0 Å². The van der Waals surface area contributed by atoms with Crippen molar-refractivity contribution < 1.29 is 44.2 Å². The number of ether oxygens (including phenoxy) is 2. The number of hydrogen-bond donors (Lipinski definition) is 9. The summed E-state index contributed by atoms with van der Waals surface area (Å²) in [6, 6.07) is 6.71. The molecule has 62 heavy (non-hydrogen) atoms. The number of nitrogens with two attached hydrogens (primary N) is 1. The van der Waals surface area contributed by atoms with Crippen LogP contribution in [0.25, 0.3) is 11.0 Å². The highest BCUT2D eigenvalue weighted by Crippen LogP contribution is 2.59. The van der Waals surface area contributed by atoms with E-state index in [2.05, 4.69) is 29.0 Å². The van der Waals surface area contributed by atoms with Crippen LogP contribution in [0.1, 0.15) is 92.7 Å². The monoisotopic (exact) mass is 848 g/mol. The number of piperidine rings is 1. The third-order valence-electron chi connectivity index (χ3n) is 14.3. The van der Waals surface area contributed by atoms with Crippen LogP contribution in [0, 0.1) is 11.8 Å². The lowest BCUT2D eigenvalue weighted by Crippen LogP contribution is -2.57. The first-order valence-corrected chi connectivity index (χ1v) is 21.8. The van der Waals surface area contributed by atoms with Gasteiger partial charge in [0.15, 0.2) is 5.43 Å². The van der Waals surface area contributed by atoms with Crippen LogP contribution in [-0.4, -0.2) is 75.2 Å². The van der Waals surface area contributed by atoms with Gasteiger partial charge in [-0.1, -0.05) is 24.3 Å². The molecule has 8 unspecified atom stereocenters. The fraction of sp³-hybridized carbons (Fsp3) is 0.458.